The van der Waals surface area contributed by atoms with E-state index in [1.165, 1.54) is 6.07 Å². The quantitative estimate of drug-likeness (QED) is 0.930. The molecular formula is C12H14ClNO3S2. The lowest BCUT2D eigenvalue weighted by molar-refractivity contribution is -0.122. The van der Waals surface area contributed by atoms with E-state index < -0.39 is 10.0 Å². The molecule has 2 bridgehead atoms. The van der Waals surface area contributed by atoms with Crippen LogP contribution in [0, 0.1) is 11.8 Å². The summed E-state index contributed by atoms with van der Waals surface area (Å²) in [5.74, 6) is 0.593. The van der Waals surface area contributed by atoms with Crippen molar-refractivity contribution in [3.05, 3.63) is 16.5 Å². The van der Waals surface area contributed by atoms with Crippen molar-refractivity contribution in [1.29, 1.82) is 0 Å². The van der Waals surface area contributed by atoms with Gasteiger partial charge in [0.15, 0.2) is 0 Å². The molecule has 1 aromatic rings. The molecule has 2 unspecified atom stereocenters. The van der Waals surface area contributed by atoms with Gasteiger partial charge in [-0.25, -0.2) is 13.1 Å². The summed E-state index contributed by atoms with van der Waals surface area (Å²) in [6, 6.07) is 3.01. The van der Waals surface area contributed by atoms with E-state index in [-0.39, 0.29) is 27.9 Å². The van der Waals surface area contributed by atoms with Crippen LogP contribution in [0.25, 0.3) is 0 Å². The molecule has 2 aliphatic rings. The summed E-state index contributed by atoms with van der Waals surface area (Å²) in [5, 5.41) is 0. The SMILES string of the molecule is O=C1CC2CCC(C1)C2NS(=O)(=O)c1ccc(Cl)s1. The second-order valence-electron chi connectivity index (χ2n) is 5.25. The molecule has 3 rings (SSSR count). The number of ketones is 1. The second kappa shape index (κ2) is 4.84. The number of carbonyl (C=O) groups excluding carboxylic acids is 1. The molecule has 2 fully saturated rings. The first-order chi connectivity index (χ1) is 8.95. The highest BCUT2D eigenvalue weighted by Crippen LogP contribution is 2.41. The first kappa shape index (κ1) is 13.5. The van der Waals surface area contributed by atoms with Crippen molar-refractivity contribution in [2.45, 2.75) is 35.9 Å². The highest BCUT2D eigenvalue weighted by atomic mass is 35.5. The second-order valence-corrected chi connectivity index (χ2v) is 8.91. The molecule has 0 spiro atoms. The predicted molar refractivity (Wildman–Crippen MR) is 73.9 cm³/mol. The van der Waals surface area contributed by atoms with Gasteiger partial charge in [-0.1, -0.05) is 11.6 Å². The molecule has 0 saturated heterocycles. The van der Waals surface area contributed by atoms with E-state index >= 15 is 0 Å². The van der Waals surface area contributed by atoms with Crippen LogP contribution in [0.2, 0.25) is 4.34 Å². The fourth-order valence-electron chi connectivity index (χ4n) is 3.17. The summed E-state index contributed by atoms with van der Waals surface area (Å²) < 4.78 is 28.0. The molecule has 4 nitrogen and oxygen atoms in total. The molecule has 1 aromatic heterocycles. The third kappa shape index (κ3) is 2.59. The first-order valence-corrected chi connectivity index (χ1v) is 8.93. The number of rotatable bonds is 3. The molecule has 0 radical (unpaired) electrons. The van der Waals surface area contributed by atoms with Crippen LogP contribution in [0.1, 0.15) is 25.7 Å². The van der Waals surface area contributed by atoms with Gasteiger partial charge < -0.3 is 0 Å². The molecule has 19 heavy (non-hydrogen) atoms. The molecule has 1 heterocycles. The van der Waals surface area contributed by atoms with Crippen molar-refractivity contribution in [2.24, 2.45) is 11.8 Å². The van der Waals surface area contributed by atoms with Gasteiger partial charge in [-0.05, 0) is 36.8 Å². The minimum Gasteiger partial charge on any atom is -0.300 e. The van der Waals surface area contributed by atoms with E-state index in [1.54, 1.807) is 6.07 Å². The number of Topliss-reactive ketones (excluding diaryl/α,β-unsaturated/α-hetero) is 1. The van der Waals surface area contributed by atoms with Crippen molar-refractivity contribution in [3.8, 4) is 0 Å². The minimum atomic E-state index is -3.51. The zero-order valence-corrected chi connectivity index (χ0v) is 12.5. The third-order valence-corrected chi connectivity index (χ3v) is 7.19. The third-order valence-electron chi connectivity index (χ3n) is 4.01. The molecular weight excluding hydrogens is 306 g/mol. The molecule has 7 heteroatoms. The van der Waals surface area contributed by atoms with E-state index in [9.17, 15) is 13.2 Å². The Kier molecular flexibility index (Phi) is 3.45. The molecule has 104 valence electrons. The molecule has 2 saturated carbocycles. The van der Waals surface area contributed by atoms with Gasteiger partial charge in [0, 0.05) is 18.9 Å². The van der Waals surface area contributed by atoms with Crippen LogP contribution in [0.4, 0.5) is 0 Å². The number of hydrogen-bond acceptors (Lipinski definition) is 4. The Balaban J connectivity index is 1.80. The summed E-state index contributed by atoms with van der Waals surface area (Å²) in [6.07, 6.45) is 2.90. The Hall–Kier alpha value is -0.430. The zero-order valence-electron chi connectivity index (χ0n) is 10.1. The summed E-state index contributed by atoms with van der Waals surface area (Å²) in [7, 11) is -3.51. The predicted octanol–water partition coefficient (Wildman–Crippen LogP) is 2.44. The lowest BCUT2D eigenvalue weighted by Gasteiger charge is -2.29. The largest absolute Gasteiger partial charge is 0.300 e. The topological polar surface area (TPSA) is 63.2 Å². The van der Waals surface area contributed by atoms with Gasteiger partial charge >= 0.3 is 0 Å². The molecule has 2 aliphatic carbocycles. The fourth-order valence-corrected chi connectivity index (χ4v) is 6.04. The highest BCUT2D eigenvalue weighted by Gasteiger charge is 2.44. The van der Waals surface area contributed by atoms with Crippen LogP contribution in [-0.2, 0) is 14.8 Å². The summed E-state index contributed by atoms with van der Waals surface area (Å²) in [4.78, 5) is 11.5. The van der Waals surface area contributed by atoms with Crippen molar-refractivity contribution >= 4 is 38.7 Å². The van der Waals surface area contributed by atoms with Gasteiger partial charge in [0.25, 0.3) is 0 Å². The lowest BCUT2D eigenvalue weighted by Crippen LogP contribution is -2.45. The Morgan fingerprint density at radius 1 is 1.21 bits per heavy atom. The summed E-state index contributed by atoms with van der Waals surface area (Å²) in [5.41, 5.74) is 0. The zero-order chi connectivity index (χ0) is 13.6. The summed E-state index contributed by atoms with van der Waals surface area (Å²) >= 11 is 6.83. The van der Waals surface area contributed by atoms with E-state index in [0.717, 1.165) is 24.2 Å². The normalized spacial score (nSPS) is 30.8. The van der Waals surface area contributed by atoms with Crippen LogP contribution < -0.4 is 4.72 Å². The van der Waals surface area contributed by atoms with E-state index in [2.05, 4.69) is 4.72 Å². The van der Waals surface area contributed by atoms with Crippen molar-refractivity contribution in [2.75, 3.05) is 0 Å². The standard InChI is InChI=1S/C12H14ClNO3S2/c13-10-3-4-11(18-10)19(16,17)14-12-7-1-2-8(12)6-9(15)5-7/h3-4,7-8,12,14H,1-2,5-6H2. The maximum Gasteiger partial charge on any atom is 0.250 e. The highest BCUT2D eigenvalue weighted by molar-refractivity contribution is 7.91. The van der Waals surface area contributed by atoms with Crippen LogP contribution in [0.15, 0.2) is 16.3 Å². The number of sulfonamides is 1. The smallest absolute Gasteiger partial charge is 0.250 e. The van der Waals surface area contributed by atoms with Crippen LogP contribution in [0.5, 0.6) is 0 Å². The van der Waals surface area contributed by atoms with Crippen molar-refractivity contribution in [1.82, 2.24) is 4.72 Å². The van der Waals surface area contributed by atoms with Gasteiger partial charge in [-0.3, -0.25) is 4.79 Å². The number of fused-ring (bicyclic) bond motifs is 2. The Bertz CT molecular complexity index is 594. The molecule has 2 atom stereocenters. The molecule has 0 amide bonds. The monoisotopic (exact) mass is 319 g/mol. The average Bonchev–Trinajstić information content (AvgIpc) is 2.83. The van der Waals surface area contributed by atoms with Crippen LogP contribution in [0.3, 0.4) is 0 Å². The maximum atomic E-state index is 12.3. The van der Waals surface area contributed by atoms with Gasteiger partial charge in [0.2, 0.25) is 10.0 Å². The van der Waals surface area contributed by atoms with E-state index in [0.29, 0.717) is 17.2 Å². The minimum absolute atomic E-state index is 0.0939. The lowest BCUT2D eigenvalue weighted by atomic mass is 9.84. The Labute approximate surface area is 121 Å². The fraction of sp³-hybridized carbons (Fsp3) is 0.583. The number of halogens is 1. The Morgan fingerprint density at radius 3 is 2.37 bits per heavy atom. The molecule has 0 aliphatic heterocycles. The van der Waals surface area contributed by atoms with E-state index in [4.69, 9.17) is 11.6 Å². The summed E-state index contributed by atoms with van der Waals surface area (Å²) in [6.45, 7) is 0. The number of nitrogens with one attached hydrogen (secondary N) is 1. The van der Waals surface area contributed by atoms with Crippen LogP contribution in [-0.4, -0.2) is 20.2 Å². The van der Waals surface area contributed by atoms with E-state index in [1.807, 2.05) is 0 Å². The van der Waals surface area contributed by atoms with Gasteiger partial charge in [0.05, 0.1) is 4.34 Å². The number of hydrogen-bond donors (Lipinski definition) is 1. The van der Waals surface area contributed by atoms with Crippen molar-refractivity contribution in [3.63, 3.8) is 0 Å². The van der Waals surface area contributed by atoms with Crippen molar-refractivity contribution < 1.29 is 13.2 Å². The molecule has 0 aromatic carbocycles. The average molecular weight is 320 g/mol. The number of carbonyl (C=O) groups is 1. The van der Waals surface area contributed by atoms with Gasteiger partial charge in [-0.15, -0.1) is 11.3 Å². The first-order valence-electron chi connectivity index (χ1n) is 6.25. The van der Waals surface area contributed by atoms with Gasteiger partial charge in [0.1, 0.15) is 9.99 Å². The maximum absolute atomic E-state index is 12.3. The number of thiophene rings is 1. The van der Waals surface area contributed by atoms with Gasteiger partial charge in [-0.2, -0.15) is 0 Å². The Morgan fingerprint density at radius 2 is 1.84 bits per heavy atom. The molecule has 1 N–H and O–H groups in total. The van der Waals surface area contributed by atoms with Crippen LogP contribution >= 0.6 is 22.9 Å².